The first-order valence-electron chi connectivity index (χ1n) is 9.96. The molecule has 156 valence electrons. The molecule has 0 fully saturated rings. The normalized spacial score (nSPS) is 13.4. The Balaban J connectivity index is 2.34. The molecule has 0 spiro atoms. The van der Waals surface area contributed by atoms with Gasteiger partial charge < -0.3 is 13.6 Å². The Morgan fingerprint density at radius 3 is 2.18 bits per heavy atom. The molecule has 0 saturated heterocycles. The van der Waals surface area contributed by atoms with Gasteiger partial charge in [-0.25, -0.2) is 0 Å². The van der Waals surface area contributed by atoms with Gasteiger partial charge in [0.1, 0.15) is 17.3 Å². The minimum atomic E-state index is -2.03. The van der Waals surface area contributed by atoms with Crippen molar-refractivity contribution in [1.29, 1.82) is 0 Å². The number of ether oxygens (including phenoxy) is 1. The van der Waals surface area contributed by atoms with Crippen LogP contribution in [0.25, 0.3) is 0 Å². The van der Waals surface area contributed by atoms with Crippen molar-refractivity contribution in [3.8, 4) is 11.5 Å². The summed E-state index contributed by atoms with van der Waals surface area (Å²) in [6, 6.07) is 9.78. The summed E-state index contributed by atoms with van der Waals surface area (Å²) in [5.74, 6) is 2.87. The van der Waals surface area contributed by atoms with Crippen LogP contribution in [0, 0.1) is 0 Å². The monoisotopic (exact) mass is 486 g/mol. The molecule has 0 amide bonds. The van der Waals surface area contributed by atoms with Crippen molar-refractivity contribution in [2.24, 2.45) is 0 Å². The van der Waals surface area contributed by atoms with Crippen LogP contribution in [0.5, 0.6) is 11.5 Å². The number of rotatable bonds is 10. The van der Waals surface area contributed by atoms with Crippen molar-refractivity contribution in [2.45, 2.75) is 70.7 Å². The highest BCUT2D eigenvalue weighted by Gasteiger charge is 2.47. The van der Waals surface area contributed by atoms with E-state index in [-0.39, 0.29) is 6.10 Å². The van der Waals surface area contributed by atoms with Crippen LogP contribution < -0.4 is 9.16 Å². The zero-order valence-corrected chi connectivity index (χ0v) is 21.0. The van der Waals surface area contributed by atoms with E-state index in [9.17, 15) is 0 Å². The van der Waals surface area contributed by atoms with Gasteiger partial charge in [0.05, 0.1) is 10.7 Å². The summed E-state index contributed by atoms with van der Waals surface area (Å²) < 4.78 is 19.5. The lowest BCUT2D eigenvalue weighted by molar-refractivity contribution is 0.171. The maximum absolute atomic E-state index is 6.80. The van der Waals surface area contributed by atoms with Crippen molar-refractivity contribution in [1.82, 2.24) is 0 Å². The highest BCUT2D eigenvalue weighted by molar-refractivity contribution is 9.10. The lowest BCUT2D eigenvalue weighted by Gasteiger charge is -2.42. The van der Waals surface area contributed by atoms with E-state index in [2.05, 4.69) is 57.5 Å². The summed E-state index contributed by atoms with van der Waals surface area (Å²) in [4.78, 5) is 0. The van der Waals surface area contributed by atoms with Crippen LogP contribution in [0.2, 0.25) is 16.6 Å². The topological polar surface area (TPSA) is 31.6 Å². The van der Waals surface area contributed by atoms with Gasteiger partial charge in [0.25, 0.3) is 8.32 Å². The molecule has 1 atom stereocenters. The number of benzene rings is 1. The molecule has 0 saturated carbocycles. The van der Waals surface area contributed by atoms with Gasteiger partial charge in [0.15, 0.2) is 6.10 Å². The standard InChI is InChI=1S/C22H32BrClO3Si/c1-15(2)28(16(3)4,17(5)6)27-18-9-10-19(23)22(14-18)26-21(11-12-24)20-8-7-13-25-20/h7-10,13-17,21H,11-12H2,1-6H3/t21-/m0/s1. The highest BCUT2D eigenvalue weighted by Crippen LogP contribution is 2.44. The maximum Gasteiger partial charge on any atom is 0.258 e. The van der Waals surface area contributed by atoms with Gasteiger partial charge in [-0.2, -0.15) is 0 Å². The summed E-state index contributed by atoms with van der Waals surface area (Å²) in [6.45, 7) is 13.7. The molecule has 6 heteroatoms. The number of furan rings is 1. The van der Waals surface area contributed by atoms with Gasteiger partial charge in [-0.05, 0) is 56.8 Å². The van der Waals surface area contributed by atoms with Gasteiger partial charge in [-0.15, -0.1) is 11.6 Å². The van der Waals surface area contributed by atoms with Crippen molar-refractivity contribution >= 4 is 35.8 Å². The third-order valence-electron chi connectivity index (χ3n) is 5.41. The Kier molecular flexibility index (Phi) is 8.53. The zero-order chi connectivity index (χ0) is 20.9. The zero-order valence-electron chi connectivity index (χ0n) is 17.7. The van der Waals surface area contributed by atoms with Crippen molar-refractivity contribution in [3.05, 3.63) is 46.8 Å². The minimum Gasteiger partial charge on any atom is -0.543 e. The molecule has 0 unspecified atom stereocenters. The third-order valence-corrected chi connectivity index (χ3v) is 12.3. The molecule has 1 aromatic heterocycles. The SMILES string of the molecule is CC(C)[Si](Oc1ccc(Br)c(O[C@@H](CCCl)c2ccco2)c1)(C(C)C)C(C)C. The molecule has 1 aromatic carbocycles. The predicted molar refractivity (Wildman–Crippen MR) is 123 cm³/mol. The first-order valence-corrected chi connectivity index (χ1v) is 13.4. The van der Waals surface area contributed by atoms with E-state index in [0.29, 0.717) is 28.9 Å². The molecule has 0 aliphatic rings. The molecule has 0 aliphatic carbocycles. The predicted octanol–water partition coefficient (Wildman–Crippen LogP) is 8.35. The van der Waals surface area contributed by atoms with Crippen LogP contribution in [-0.4, -0.2) is 14.2 Å². The number of hydrogen-bond donors (Lipinski definition) is 0. The smallest absolute Gasteiger partial charge is 0.258 e. The van der Waals surface area contributed by atoms with E-state index in [1.165, 1.54) is 0 Å². The van der Waals surface area contributed by atoms with Gasteiger partial charge in [-0.3, -0.25) is 0 Å². The van der Waals surface area contributed by atoms with Crippen LogP contribution >= 0.6 is 27.5 Å². The summed E-state index contributed by atoms with van der Waals surface area (Å²) >= 11 is 9.60. The molecule has 2 rings (SSSR count). The second-order valence-corrected chi connectivity index (χ2v) is 14.7. The minimum absolute atomic E-state index is 0.235. The molecule has 0 bridgehead atoms. The Labute approximate surface area is 184 Å². The lowest BCUT2D eigenvalue weighted by Crippen LogP contribution is -2.50. The van der Waals surface area contributed by atoms with Crippen LogP contribution in [0.4, 0.5) is 0 Å². The molecule has 0 radical (unpaired) electrons. The van der Waals surface area contributed by atoms with Gasteiger partial charge in [0.2, 0.25) is 0 Å². The van der Waals surface area contributed by atoms with E-state index >= 15 is 0 Å². The summed E-state index contributed by atoms with van der Waals surface area (Å²) in [6.07, 6.45) is 2.08. The van der Waals surface area contributed by atoms with Crippen molar-refractivity contribution < 1.29 is 13.6 Å². The molecule has 1 heterocycles. The Hall–Kier alpha value is -0.913. The van der Waals surface area contributed by atoms with Crippen LogP contribution in [0.15, 0.2) is 45.5 Å². The number of halogens is 2. The van der Waals surface area contributed by atoms with E-state index in [0.717, 1.165) is 21.7 Å². The molecule has 2 aromatic rings. The molecule has 0 aliphatic heterocycles. The average molecular weight is 488 g/mol. The van der Waals surface area contributed by atoms with Gasteiger partial charge in [-0.1, -0.05) is 41.5 Å². The van der Waals surface area contributed by atoms with E-state index in [1.54, 1.807) is 6.26 Å². The first-order chi connectivity index (χ1) is 13.2. The quantitative estimate of drug-likeness (QED) is 0.249. The van der Waals surface area contributed by atoms with E-state index in [1.807, 2.05) is 30.3 Å². The second kappa shape index (κ2) is 10.2. The molecule has 28 heavy (non-hydrogen) atoms. The average Bonchev–Trinajstić information content (AvgIpc) is 3.15. The van der Waals surface area contributed by atoms with Crippen molar-refractivity contribution in [3.63, 3.8) is 0 Å². The summed E-state index contributed by atoms with van der Waals surface area (Å²) in [5, 5.41) is 0. The molecule has 0 N–H and O–H groups in total. The van der Waals surface area contributed by atoms with E-state index in [4.69, 9.17) is 25.2 Å². The Morgan fingerprint density at radius 1 is 1.04 bits per heavy atom. The lowest BCUT2D eigenvalue weighted by atomic mass is 10.2. The summed E-state index contributed by atoms with van der Waals surface area (Å²) in [5.41, 5.74) is 1.52. The van der Waals surface area contributed by atoms with Crippen LogP contribution in [0.1, 0.15) is 59.8 Å². The molecular weight excluding hydrogens is 456 g/mol. The molecular formula is C22H32BrClO3Si. The first kappa shape index (κ1) is 23.4. The fourth-order valence-electron chi connectivity index (χ4n) is 4.18. The van der Waals surface area contributed by atoms with E-state index < -0.39 is 8.32 Å². The van der Waals surface area contributed by atoms with Crippen molar-refractivity contribution in [2.75, 3.05) is 5.88 Å². The van der Waals surface area contributed by atoms with Gasteiger partial charge in [0, 0.05) is 18.4 Å². The summed E-state index contributed by atoms with van der Waals surface area (Å²) in [7, 11) is -2.03. The van der Waals surface area contributed by atoms with Crippen LogP contribution in [0.3, 0.4) is 0 Å². The number of hydrogen-bond acceptors (Lipinski definition) is 3. The van der Waals surface area contributed by atoms with Gasteiger partial charge >= 0.3 is 0 Å². The maximum atomic E-state index is 6.80. The third kappa shape index (κ3) is 5.16. The second-order valence-electron chi connectivity index (χ2n) is 8.11. The fourth-order valence-corrected chi connectivity index (χ4v) is 9.96. The largest absolute Gasteiger partial charge is 0.543 e. The number of alkyl halides is 1. The fraction of sp³-hybridized carbons (Fsp3) is 0.545. The Morgan fingerprint density at radius 2 is 1.68 bits per heavy atom. The Bertz CT molecular complexity index is 710. The van der Waals surface area contributed by atoms with Crippen LogP contribution in [-0.2, 0) is 0 Å². The molecule has 3 nitrogen and oxygen atoms in total. The highest BCUT2D eigenvalue weighted by atomic mass is 79.9.